The number of nitrogens with zero attached hydrogens (tertiary/aromatic N) is 2. The van der Waals surface area contributed by atoms with E-state index in [-0.39, 0.29) is 11.0 Å². The van der Waals surface area contributed by atoms with Crippen LogP contribution in [0.1, 0.15) is 45.9 Å². The summed E-state index contributed by atoms with van der Waals surface area (Å²) in [6.07, 6.45) is 0. The fourth-order valence-corrected chi connectivity index (χ4v) is 2.24. The van der Waals surface area contributed by atoms with E-state index in [2.05, 4.69) is 58.9 Å². The lowest BCUT2D eigenvalue weighted by molar-refractivity contribution is 0.355. The number of benzene rings is 1. The highest BCUT2D eigenvalue weighted by Crippen LogP contribution is 2.32. The van der Waals surface area contributed by atoms with E-state index >= 15 is 0 Å². The predicted molar refractivity (Wildman–Crippen MR) is 80.2 cm³/mol. The van der Waals surface area contributed by atoms with Crippen LogP contribution in [0.3, 0.4) is 0 Å². The van der Waals surface area contributed by atoms with E-state index < -0.39 is 0 Å². The second-order valence-electron chi connectivity index (χ2n) is 6.53. The van der Waals surface area contributed by atoms with Crippen LogP contribution in [0.5, 0.6) is 0 Å². The van der Waals surface area contributed by atoms with Crippen molar-refractivity contribution < 1.29 is 0 Å². The van der Waals surface area contributed by atoms with E-state index in [9.17, 15) is 0 Å². The van der Waals surface area contributed by atoms with Crippen molar-refractivity contribution in [2.75, 3.05) is 5.73 Å². The van der Waals surface area contributed by atoms with Crippen LogP contribution in [0, 0.1) is 0 Å². The van der Waals surface area contributed by atoms with Gasteiger partial charge in [-0.05, 0) is 26.3 Å². The standard InChI is InChI=1S/C16H23N3/c1-15(2,3)19-14(17)11-13(18-19)16(4,5)12-9-7-6-8-10-12/h6-11H,17H2,1-5H3. The third-order valence-corrected chi connectivity index (χ3v) is 3.51. The summed E-state index contributed by atoms with van der Waals surface area (Å²) in [5.74, 6) is 0.714. The maximum Gasteiger partial charge on any atom is 0.122 e. The van der Waals surface area contributed by atoms with Gasteiger partial charge in [0, 0.05) is 11.5 Å². The molecule has 0 saturated heterocycles. The summed E-state index contributed by atoms with van der Waals surface area (Å²) in [5, 5.41) is 4.72. The van der Waals surface area contributed by atoms with Crippen molar-refractivity contribution in [1.82, 2.24) is 9.78 Å². The Morgan fingerprint density at radius 3 is 2.05 bits per heavy atom. The number of hydrogen-bond acceptors (Lipinski definition) is 2. The molecule has 0 aliphatic heterocycles. The molecule has 1 heterocycles. The third-order valence-electron chi connectivity index (χ3n) is 3.51. The largest absolute Gasteiger partial charge is 0.384 e. The molecule has 3 heteroatoms. The van der Waals surface area contributed by atoms with Gasteiger partial charge in [-0.25, -0.2) is 4.68 Å². The van der Waals surface area contributed by atoms with Gasteiger partial charge < -0.3 is 5.73 Å². The van der Waals surface area contributed by atoms with Crippen LogP contribution in [0.15, 0.2) is 36.4 Å². The molecule has 0 amide bonds. The van der Waals surface area contributed by atoms with Crippen LogP contribution in [0.4, 0.5) is 5.82 Å². The summed E-state index contributed by atoms with van der Waals surface area (Å²) in [6, 6.07) is 12.4. The van der Waals surface area contributed by atoms with Crippen LogP contribution < -0.4 is 5.73 Å². The first-order valence-corrected chi connectivity index (χ1v) is 6.65. The second kappa shape index (κ2) is 4.41. The monoisotopic (exact) mass is 257 g/mol. The molecule has 0 radical (unpaired) electrons. The molecule has 2 rings (SSSR count). The Morgan fingerprint density at radius 1 is 1.00 bits per heavy atom. The van der Waals surface area contributed by atoms with Crippen molar-refractivity contribution in [1.29, 1.82) is 0 Å². The van der Waals surface area contributed by atoms with E-state index in [1.54, 1.807) is 0 Å². The van der Waals surface area contributed by atoms with Crippen LogP contribution in [-0.2, 0) is 11.0 Å². The van der Waals surface area contributed by atoms with Gasteiger partial charge in [0.2, 0.25) is 0 Å². The van der Waals surface area contributed by atoms with Crippen molar-refractivity contribution in [3.05, 3.63) is 47.7 Å². The van der Waals surface area contributed by atoms with Gasteiger partial charge in [-0.3, -0.25) is 0 Å². The Kier molecular flexibility index (Phi) is 3.17. The van der Waals surface area contributed by atoms with Gasteiger partial charge in [0.15, 0.2) is 0 Å². The molecule has 2 aromatic rings. The number of anilines is 1. The van der Waals surface area contributed by atoms with Gasteiger partial charge >= 0.3 is 0 Å². The second-order valence-corrected chi connectivity index (χ2v) is 6.53. The summed E-state index contributed by atoms with van der Waals surface area (Å²) >= 11 is 0. The maximum absolute atomic E-state index is 6.10. The summed E-state index contributed by atoms with van der Waals surface area (Å²) in [4.78, 5) is 0. The Labute approximate surface area is 115 Å². The zero-order chi connectivity index (χ0) is 14.3. The number of rotatable bonds is 2. The van der Waals surface area contributed by atoms with Gasteiger partial charge in [0.25, 0.3) is 0 Å². The van der Waals surface area contributed by atoms with Crippen LogP contribution in [0.2, 0.25) is 0 Å². The van der Waals surface area contributed by atoms with Crippen molar-refractivity contribution in [2.24, 2.45) is 0 Å². The Hall–Kier alpha value is -1.77. The quantitative estimate of drug-likeness (QED) is 0.894. The molecule has 0 bridgehead atoms. The topological polar surface area (TPSA) is 43.8 Å². The Balaban J connectivity index is 2.48. The van der Waals surface area contributed by atoms with E-state index in [4.69, 9.17) is 10.8 Å². The highest BCUT2D eigenvalue weighted by atomic mass is 15.3. The van der Waals surface area contributed by atoms with Gasteiger partial charge in [-0.15, -0.1) is 0 Å². The molecule has 0 aliphatic carbocycles. The first kappa shape index (κ1) is 13.7. The third kappa shape index (κ3) is 2.50. The molecule has 19 heavy (non-hydrogen) atoms. The number of hydrogen-bond donors (Lipinski definition) is 1. The van der Waals surface area contributed by atoms with E-state index in [1.807, 2.05) is 16.8 Å². The maximum atomic E-state index is 6.10. The lowest BCUT2D eigenvalue weighted by Gasteiger charge is -2.24. The highest BCUT2D eigenvalue weighted by molar-refractivity contribution is 5.40. The van der Waals surface area contributed by atoms with Crippen LogP contribution in [0.25, 0.3) is 0 Å². The van der Waals surface area contributed by atoms with Gasteiger partial charge in [-0.2, -0.15) is 5.10 Å². The molecule has 0 aliphatic rings. The van der Waals surface area contributed by atoms with Crippen molar-refractivity contribution in [3.8, 4) is 0 Å². The summed E-state index contributed by atoms with van der Waals surface area (Å²) in [5.41, 5.74) is 8.10. The molecular weight excluding hydrogens is 234 g/mol. The van der Waals surface area contributed by atoms with E-state index in [0.29, 0.717) is 5.82 Å². The Morgan fingerprint density at radius 2 is 1.58 bits per heavy atom. The Bertz CT molecular complexity index is 559. The first-order valence-electron chi connectivity index (χ1n) is 6.65. The lowest BCUT2D eigenvalue weighted by atomic mass is 9.82. The SMILES string of the molecule is CC(C)(c1ccccc1)c1cc(N)n(C(C)(C)C)n1. The minimum atomic E-state index is -0.147. The van der Waals surface area contributed by atoms with E-state index in [1.165, 1.54) is 5.56 Å². The van der Waals surface area contributed by atoms with Crippen LogP contribution >= 0.6 is 0 Å². The predicted octanol–water partition coefficient (Wildman–Crippen LogP) is 3.55. The fraction of sp³-hybridized carbons (Fsp3) is 0.438. The average Bonchev–Trinajstić information content (AvgIpc) is 2.73. The smallest absolute Gasteiger partial charge is 0.122 e. The molecule has 0 saturated carbocycles. The van der Waals surface area contributed by atoms with E-state index in [0.717, 1.165) is 5.69 Å². The van der Waals surface area contributed by atoms with Crippen molar-refractivity contribution >= 4 is 5.82 Å². The number of aromatic nitrogens is 2. The molecule has 2 N–H and O–H groups in total. The van der Waals surface area contributed by atoms with Crippen molar-refractivity contribution in [3.63, 3.8) is 0 Å². The lowest BCUT2D eigenvalue weighted by Crippen LogP contribution is -2.26. The molecule has 0 fully saturated rings. The first-order chi connectivity index (χ1) is 8.73. The molecule has 1 aromatic carbocycles. The molecule has 102 valence electrons. The minimum absolute atomic E-state index is 0.102. The fourth-order valence-electron chi connectivity index (χ4n) is 2.24. The normalized spacial score (nSPS) is 12.7. The number of nitrogen functional groups attached to an aromatic ring is 1. The zero-order valence-electron chi connectivity index (χ0n) is 12.4. The molecule has 1 aromatic heterocycles. The molecular formula is C16H23N3. The van der Waals surface area contributed by atoms with Gasteiger partial charge in [0.1, 0.15) is 5.82 Å². The summed E-state index contributed by atoms with van der Waals surface area (Å²) in [7, 11) is 0. The molecule has 0 atom stereocenters. The zero-order valence-corrected chi connectivity index (χ0v) is 12.4. The molecule has 3 nitrogen and oxygen atoms in total. The summed E-state index contributed by atoms with van der Waals surface area (Å²) in [6.45, 7) is 10.7. The van der Waals surface area contributed by atoms with Gasteiger partial charge in [0.05, 0.1) is 11.2 Å². The molecule has 0 spiro atoms. The molecule has 0 unspecified atom stereocenters. The summed E-state index contributed by atoms with van der Waals surface area (Å²) < 4.78 is 1.90. The van der Waals surface area contributed by atoms with Gasteiger partial charge in [-0.1, -0.05) is 44.2 Å². The average molecular weight is 257 g/mol. The van der Waals surface area contributed by atoms with Crippen molar-refractivity contribution in [2.45, 2.75) is 45.6 Å². The number of nitrogens with two attached hydrogens (primary N) is 1. The highest BCUT2D eigenvalue weighted by Gasteiger charge is 2.28. The minimum Gasteiger partial charge on any atom is -0.384 e. The van der Waals surface area contributed by atoms with Crippen LogP contribution in [-0.4, -0.2) is 9.78 Å².